The van der Waals surface area contributed by atoms with Crippen molar-refractivity contribution in [3.05, 3.63) is 29.8 Å². The molecule has 2 N–H and O–H groups in total. The minimum atomic E-state index is 0.304. The summed E-state index contributed by atoms with van der Waals surface area (Å²) in [5.41, 5.74) is 1.23. The van der Waals surface area contributed by atoms with Gasteiger partial charge in [0.2, 0.25) is 0 Å². The molecule has 0 aliphatic carbocycles. The van der Waals surface area contributed by atoms with Crippen LogP contribution in [0.4, 0.5) is 0 Å². The Hall–Kier alpha value is -2.15. The molecule has 0 aromatic heterocycles. The van der Waals surface area contributed by atoms with E-state index in [-0.39, 0.29) is 0 Å². The third kappa shape index (κ3) is 6.14. The number of aliphatic imine (C=N–C) groups is 1. The SMILES string of the molecule is C#CCOc1ccc(CCN=C(NCC)NCC)cc1. The highest BCUT2D eigenvalue weighted by Crippen LogP contribution is 2.12. The maximum absolute atomic E-state index is 5.33. The first-order valence-corrected chi connectivity index (χ1v) is 6.97. The third-order valence-corrected chi connectivity index (χ3v) is 2.60. The lowest BCUT2D eigenvalue weighted by Gasteiger charge is -2.09. The van der Waals surface area contributed by atoms with Gasteiger partial charge in [-0.2, -0.15) is 0 Å². The number of nitrogens with zero attached hydrogens (tertiary/aromatic N) is 1. The average Bonchev–Trinajstić information content (AvgIpc) is 2.47. The zero-order valence-electron chi connectivity index (χ0n) is 12.3. The van der Waals surface area contributed by atoms with Gasteiger partial charge >= 0.3 is 0 Å². The van der Waals surface area contributed by atoms with Crippen molar-refractivity contribution in [3.8, 4) is 18.1 Å². The standard InChI is InChI=1S/C16H23N3O/c1-4-13-20-15-9-7-14(8-10-15)11-12-19-16(17-5-2)18-6-3/h1,7-10H,5-6,11-13H2,2-3H3,(H2,17,18,19). The van der Waals surface area contributed by atoms with Gasteiger partial charge in [0, 0.05) is 19.6 Å². The largest absolute Gasteiger partial charge is 0.481 e. The molecule has 0 spiro atoms. The first kappa shape index (κ1) is 15.9. The van der Waals surface area contributed by atoms with Gasteiger partial charge in [0.05, 0.1) is 0 Å². The van der Waals surface area contributed by atoms with Crippen molar-refractivity contribution < 1.29 is 4.74 Å². The minimum absolute atomic E-state index is 0.304. The van der Waals surface area contributed by atoms with Crippen LogP contribution in [0, 0.1) is 12.3 Å². The molecule has 0 radical (unpaired) electrons. The topological polar surface area (TPSA) is 45.6 Å². The van der Waals surface area contributed by atoms with Crippen molar-refractivity contribution in [1.29, 1.82) is 0 Å². The fourth-order valence-electron chi connectivity index (χ4n) is 1.68. The lowest BCUT2D eigenvalue weighted by atomic mass is 10.1. The fraction of sp³-hybridized carbons (Fsp3) is 0.438. The fourth-order valence-corrected chi connectivity index (χ4v) is 1.68. The molecule has 0 aliphatic rings. The van der Waals surface area contributed by atoms with E-state index >= 15 is 0 Å². The molecule has 108 valence electrons. The second-order valence-corrected chi connectivity index (χ2v) is 4.18. The summed E-state index contributed by atoms with van der Waals surface area (Å²) in [5.74, 6) is 4.11. The molecule has 0 bridgehead atoms. The van der Waals surface area contributed by atoms with E-state index in [1.807, 2.05) is 24.3 Å². The Morgan fingerprint density at radius 3 is 2.40 bits per heavy atom. The number of nitrogens with one attached hydrogen (secondary N) is 2. The highest BCUT2D eigenvalue weighted by Gasteiger charge is 1.97. The normalized spacial score (nSPS) is 9.45. The number of hydrogen-bond donors (Lipinski definition) is 2. The van der Waals surface area contributed by atoms with Crippen molar-refractivity contribution in [2.45, 2.75) is 20.3 Å². The Labute approximate surface area is 121 Å². The maximum Gasteiger partial charge on any atom is 0.191 e. The van der Waals surface area contributed by atoms with Gasteiger partial charge in [-0.25, -0.2) is 0 Å². The molecular weight excluding hydrogens is 250 g/mol. The van der Waals surface area contributed by atoms with Gasteiger partial charge in [-0.15, -0.1) is 6.42 Å². The van der Waals surface area contributed by atoms with E-state index in [1.165, 1.54) is 5.56 Å². The van der Waals surface area contributed by atoms with Gasteiger partial charge < -0.3 is 15.4 Å². The Kier molecular flexibility index (Phi) is 7.74. The zero-order valence-corrected chi connectivity index (χ0v) is 12.3. The molecule has 4 nitrogen and oxygen atoms in total. The van der Waals surface area contributed by atoms with E-state index in [0.29, 0.717) is 6.61 Å². The number of benzene rings is 1. The summed E-state index contributed by atoms with van der Waals surface area (Å²) in [6, 6.07) is 7.96. The van der Waals surface area contributed by atoms with Gasteiger partial charge in [-0.1, -0.05) is 18.1 Å². The highest BCUT2D eigenvalue weighted by molar-refractivity contribution is 5.79. The molecule has 0 unspecified atom stereocenters. The summed E-state index contributed by atoms with van der Waals surface area (Å²) in [5, 5.41) is 6.40. The first-order valence-electron chi connectivity index (χ1n) is 6.97. The molecule has 20 heavy (non-hydrogen) atoms. The van der Waals surface area contributed by atoms with E-state index in [2.05, 4.69) is 35.4 Å². The molecule has 0 fully saturated rings. The molecule has 1 aromatic carbocycles. The summed E-state index contributed by atoms with van der Waals surface area (Å²) in [7, 11) is 0. The molecule has 0 atom stereocenters. The monoisotopic (exact) mass is 273 g/mol. The second-order valence-electron chi connectivity index (χ2n) is 4.18. The van der Waals surface area contributed by atoms with Crippen LogP contribution in [0.15, 0.2) is 29.3 Å². The first-order chi connectivity index (χ1) is 9.80. The van der Waals surface area contributed by atoms with Gasteiger partial charge in [0.15, 0.2) is 5.96 Å². The lowest BCUT2D eigenvalue weighted by Crippen LogP contribution is -2.37. The molecule has 1 aromatic rings. The number of ether oxygens (including phenoxy) is 1. The minimum Gasteiger partial charge on any atom is -0.481 e. The van der Waals surface area contributed by atoms with Crippen LogP contribution < -0.4 is 15.4 Å². The van der Waals surface area contributed by atoms with Crippen molar-refractivity contribution in [2.75, 3.05) is 26.2 Å². The Balaban J connectivity index is 2.44. The van der Waals surface area contributed by atoms with Crippen molar-refractivity contribution in [2.24, 2.45) is 4.99 Å². The van der Waals surface area contributed by atoms with Gasteiger partial charge in [-0.3, -0.25) is 4.99 Å². The number of guanidine groups is 1. The maximum atomic E-state index is 5.33. The van der Waals surface area contributed by atoms with E-state index in [4.69, 9.17) is 11.2 Å². The molecule has 1 rings (SSSR count). The summed E-state index contributed by atoms with van der Waals surface area (Å²) in [6.45, 7) is 6.90. The Morgan fingerprint density at radius 1 is 1.20 bits per heavy atom. The number of hydrogen-bond acceptors (Lipinski definition) is 2. The summed E-state index contributed by atoms with van der Waals surface area (Å²) >= 11 is 0. The Morgan fingerprint density at radius 2 is 1.85 bits per heavy atom. The van der Waals surface area contributed by atoms with Gasteiger partial charge in [0.25, 0.3) is 0 Å². The highest BCUT2D eigenvalue weighted by atomic mass is 16.5. The number of terminal acetylenes is 1. The Bertz CT molecular complexity index is 438. The lowest BCUT2D eigenvalue weighted by molar-refractivity contribution is 0.370. The molecule has 0 saturated carbocycles. The zero-order chi connectivity index (χ0) is 14.6. The van der Waals surface area contributed by atoms with Crippen molar-refractivity contribution >= 4 is 5.96 Å². The van der Waals surface area contributed by atoms with Crippen LogP contribution in [0.1, 0.15) is 19.4 Å². The number of rotatable bonds is 7. The van der Waals surface area contributed by atoms with Crippen LogP contribution >= 0.6 is 0 Å². The van der Waals surface area contributed by atoms with Crippen LogP contribution in [-0.4, -0.2) is 32.2 Å². The quantitative estimate of drug-likeness (QED) is 0.452. The summed E-state index contributed by atoms with van der Waals surface area (Å²) in [6.07, 6.45) is 6.05. The third-order valence-electron chi connectivity index (χ3n) is 2.60. The van der Waals surface area contributed by atoms with Crippen LogP contribution in [-0.2, 0) is 6.42 Å². The second kappa shape index (κ2) is 9.74. The van der Waals surface area contributed by atoms with Crippen LogP contribution in [0.25, 0.3) is 0 Å². The molecule has 4 heteroatoms. The molecule has 0 heterocycles. The summed E-state index contributed by atoms with van der Waals surface area (Å²) in [4.78, 5) is 4.51. The van der Waals surface area contributed by atoms with Crippen LogP contribution in [0.2, 0.25) is 0 Å². The average molecular weight is 273 g/mol. The van der Waals surface area contributed by atoms with Crippen LogP contribution in [0.3, 0.4) is 0 Å². The van der Waals surface area contributed by atoms with Crippen molar-refractivity contribution in [3.63, 3.8) is 0 Å². The summed E-state index contributed by atoms with van der Waals surface area (Å²) < 4.78 is 5.33. The van der Waals surface area contributed by atoms with Crippen molar-refractivity contribution in [1.82, 2.24) is 10.6 Å². The predicted octanol–water partition coefficient (Wildman–Crippen LogP) is 1.82. The van der Waals surface area contributed by atoms with E-state index in [1.54, 1.807) is 0 Å². The van der Waals surface area contributed by atoms with Gasteiger partial charge in [0.1, 0.15) is 12.4 Å². The predicted molar refractivity (Wildman–Crippen MR) is 84.1 cm³/mol. The van der Waals surface area contributed by atoms with Gasteiger partial charge in [-0.05, 0) is 38.0 Å². The van der Waals surface area contributed by atoms with E-state index < -0.39 is 0 Å². The van der Waals surface area contributed by atoms with E-state index in [9.17, 15) is 0 Å². The molecular formula is C16H23N3O. The van der Waals surface area contributed by atoms with E-state index in [0.717, 1.165) is 37.8 Å². The molecule has 0 aliphatic heterocycles. The van der Waals surface area contributed by atoms with Crippen LogP contribution in [0.5, 0.6) is 5.75 Å². The molecule has 0 amide bonds. The smallest absolute Gasteiger partial charge is 0.191 e. The molecule has 0 saturated heterocycles.